The van der Waals surface area contributed by atoms with Crippen LogP contribution in [0.5, 0.6) is 11.5 Å². The molecular weight excluding hydrogens is 368 g/mol. The predicted molar refractivity (Wildman–Crippen MR) is 112 cm³/mol. The molecule has 7 nitrogen and oxygen atoms in total. The number of carbonyl (C=O) groups excluding carboxylic acids is 1. The zero-order valence-corrected chi connectivity index (χ0v) is 16.6. The molecule has 2 N–H and O–H groups in total. The van der Waals surface area contributed by atoms with Crippen molar-refractivity contribution in [3.8, 4) is 22.8 Å². The zero-order valence-electron chi connectivity index (χ0n) is 16.6. The summed E-state index contributed by atoms with van der Waals surface area (Å²) in [5, 5.41) is 0. The second-order valence-corrected chi connectivity index (χ2v) is 7.27. The maximum Gasteiger partial charge on any atom is 0.260 e. The average Bonchev–Trinajstić information content (AvgIpc) is 2.99. The minimum absolute atomic E-state index is 0.0251. The van der Waals surface area contributed by atoms with Gasteiger partial charge in [-0.1, -0.05) is 12.8 Å². The Morgan fingerprint density at radius 2 is 1.93 bits per heavy atom. The van der Waals surface area contributed by atoms with Crippen LogP contribution < -0.4 is 15.2 Å². The lowest BCUT2D eigenvalue weighted by Crippen LogP contribution is -2.35. The normalized spacial score (nSPS) is 14.6. The standard InChI is InChI=1S/C22H26N4O3/c1-28-19-9-8-16(13-17(19)23)18-14-26-12-6-7-20(22(26)24-18)29-15-21(27)25-10-4-2-3-5-11-25/h6-9,12-14H,2-5,10-11,15,23H2,1H3. The predicted octanol–water partition coefficient (Wildman–Crippen LogP) is 3.37. The fraction of sp³-hybridized carbons (Fsp3) is 0.364. The first-order valence-corrected chi connectivity index (χ1v) is 9.98. The topological polar surface area (TPSA) is 82.1 Å². The van der Waals surface area contributed by atoms with Crippen molar-refractivity contribution in [2.45, 2.75) is 25.7 Å². The van der Waals surface area contributed by atoms with Crippen LogP contribution in [0.2, 0.25) is 0 Å². The number of rotatable bonds is 5. The van der Waals surface area contributed by atoms with E-state index in [0.29, 0.717) is 22.8 Å². The largest absolute Gasteiger partial charge is 0.495 e. The van der Waals surface area contributed by atoms with Crippen molar-refractivity contribution < 1.29 is 14.3 Å². The van der Waals surface area contributed by atoms with Crippen LogP contribution in [0.4, 0.5) is 5.69 Å². The minimum atomic E-state index is 0.0251. The number of nitrogen functional groups attached to an aromatic ring is 1. The van der Waals surface area contributed by atoms with Gasteiger partial charge in [0, 0.05) is 31.0 Å². The number of pyridine rings is 1. The molecule has 1 aromatic carbocycles. The van der Waals surface area contributed by atoms with Gasteiger partial charge in [0.2, 0.25) is 0 Å². The van der Waals surface area contributed by atoms with E-state index in [9.17, 15) is 4.79 Å². The monoisotopic (exact) mass is 394 g/mol. The lowest BCUT2D eigenvalue weighted by Gasteiger charge is -2.20. The van der Waals surface area contributed by atoms with Crippen LogP contribution in [-0.2, 0) is 4.79 Å². The van der Waals surface area contributed by atoms with E-state index in [1.54, 1.807) is 7.11 Å². The molecule has 152 valence electrons. The molecule has 1 aliphatic rings. The number of ether oxygens (including phenoxy) is 2. The Bertz CT molecular complexity index is 1010. The lowest BCUT2D eigenvalue weighted by molar-refractivity contribution is -0.133. The minimum Gasteiger partial charge on any atom is -0.495 e. The zero-order chi connectivity index (χ0) is 20.2. The number of hydrogen-bond donors (Lipinski definition) is 1. The van der Waals surface area contributed by atoms with E-state index in [1.165, 1.54) is 12.8 Å². The van der Waals surface area contributed by atoms with Crippen LogP contribution in [-0.4, -0.2) is 47.0 Å². The maximum atomic E-state index is 12.5. The summed E-state index contributed by atoms with van der Waals surface area (Å²) >= 11 is 0. The van der Waals surface area contributed by atoms with Gasteiger partial charge in [-0.2, -0.15) is 0 Å². The average molecular weight is 394 g/mol. The Balaban J connectivity index is 1.53. The third-order valence-corrected chi connectivity index (χ3v) is 5.28. The maximum absolute atomic E-state index is 12.5. The Kier molecular flexibility index (Phi) is 5.55. The van der Waals surface area contributed by atoms with Crippen LogP contribution in [0.1, 0.15) is 25.7 Å². The lowest BCUT2D eigenvalue weighted by atomic mass is 10.1. The molecule has 0 unspecified atom stereocenters. The Labute approximate surface area is 170 Å². The molecule has 7 heteroatoms. The molecule has 1 aliphatic heterocycles. The van der Waals surface area contributed by atoms with Crippen molar-refractivity contribution in [2.24, 2.45) is 0 Å². The number of carbonyl (C=O) groups is 1. The van der Waals surface area contributed by atoms with E-state index < -0.39 is 0 Å². The summed E-state index contributed by atoms with van der Waals surface area (Å²) < 4.78 is 13.0. The summed E-state index contributed by atoms with van der Waals surface area (Å²) in [5.41, 5.74) is 8.91. The van der Waals surface area contributed by atoms with Gasteiger partial charge in [-0.15, -0.1) is 0 Å². The van der Waals surface area contributed by atoms with Crippen molar-refractivity contribution in [2.75, 3.05) is 32.5 Å². The van der Waals surface area contributed by atoms with Gasteiger partial charge in [-0.3, -0.25) is 4.79 Å². The van der Waals surface area contributed by atoms with Crippen LogP contribution in [0, 0.1) is 0 Å². The van der Waals surface area contributed by atoms with Gasteiger partial charge in [0.15, 0.2) is 18.0 Å². The summed E-state index contributed by atoms with van der Waals surface area (Å²) in [5.74, 6) is 1.25. The van der Waals surface area contributed by atoms with E-state index in [1.807, 2.05) is 52.0 Å². The van der Waals surface area contributed by atoms with Crippen LogP contribution in [0.25, 0.3) is 16.9 Å². The molecule has 0 saturated carbocycles. The van der Waals surface area contributed by atoms with E-state index >= 15 is 0 Å². The first-order valence-electron chi connectivity index (χ1n) is 9.98. The van der Waals surface area contributed by atoms with E-state index in [0.717, 1.165) is 37.2 Å². The van der Waals surface area contributed by atoms with Gasteiger partial charge in [-0.25, -0.2) is 4.98 Å². The van der Waals surface area contributed by atoms with Gasteiger partial charge < -0.3 is 24.5 Å². The molecule has 3 heterocycles. The second kappa shape index (κ2) is 8.43. The van der Waals surface area contributed by atoms with Crippen LogP contribution in [0.15, 0.2) is 42.7 Å². The summed E-state index contributed by atoms with van der Waals surface area (Å²) in [6.07, 6.45) is 8.33. The van der Waals surface area contributed by atoms with Gasteiger partial charge in [0.25, 0.3) is 5.91 Å². The highest BCUT2D eigenvalue weighted by Gasteiger charge is 2.17. The number of fused-ring (bicyclic) bond motifs is 1. The first kappa shape index (κ1) is 19.1. The number of benzene rings is 1. The molecule has 3 aromatic rings. The fourth-order valence-electron chi connectivity index (χ4n) is 3.68. The molecule has 0 atom stereocenters. The molecule has 4 rings (SSSR count). The number of likely N-dealkylation sites (tertiary alicyclic amines) is 1. The molecule has 1 fully saturated rings. The van der Waals surface area contributed by atoms with Crippen molar-refractivity contribution in [1.29, 1.82) is 0 Å². The number of anilines is 1. The Morgan fingerprint density at radius 1 is 1.14 bits per heavy atom. The molecule has 29 heavy (non-hydrogen) atoms. The Hall–Kier alpha value is -3.22. The van der Waals surface area contributed by atoms with Crippen molar-refractivity contribution >= 4 is 17.2 Å². The molecule has 0 bridgehead atoms. The summed E-state index contributed by atoms with van der Waals surface area (Å²) in [6.45, 7) is 1.66. The number of nitrogens with zero attached hydrogens (tertiary/aromatic N) is 3. The smallest absolute Gasteiger partial charge is 0.260 e. The molecular formula is C22H26N4O3. The SMILES string of the molecule is COc1ccc(-c2cn3cccc(OCC(=O)N4CCCCCC4)c3n2)cc1N. The highest BCUT2D eigenvalue weighted by molar-refractivity contribution is 5.78. The molecule has 2 aromatic heterocycles. The van der Waals surface area contributed by atoms with Crippen molar-refractivity contribution in [3.63, 3.8) is 0 Å². The van der Waals surface area contributed by atoms with Gasteiger partial charge >= 0.3 is 0 Å². The number of methoxy groups -OCH3 is 1. The second-order valence-electron chi connectivity index (χ2n) is 7.27. The van der Waals surface area contributed by atoms with Gasteiger partial charge in [-0.05, 0) is 43.2 Å². The summed E-state index contributed by atoms with van der Waals surface area (Å²) in [7, 11) is 1.59. The van der Waals surface area contributed by atoms with Crippen molar-refractivity contribution in [3.05, 3.63) is 42.7 Å². The van der Waals surface area contributed by atoms with Crippen LogP contribution in [0.3, 0.4) is 0 Å². The van der Waals surface area contributed by atoms with Gasteiger partial charge in [0.1, 0.15) is 5.75 Å². The highest BCUT2D eigenvalue weighted by Crippen LogP contribution is 2.29. The van der Waals surface area contributed by atoms with E-state index in [-0.39, 0.29) is 12.5 Å². The first-order chi connectivity index (χ1) is 14.2. The number of nitrogens with two attached hydrogens (primary N) is 1. The molecule has 0 spiro atoms. The number of amides is 1. The van der Waals surface area contributed by atoms with E-state index in [2.05, 4.69) is 0 Å². The number of aromatic nitrogens is 2. The molecule has 1 saturated heterocycles. The highest BCUT2D eigenvalue weighted by atomic mass is 16.5. The summed E-state index contributed by atoms with van der Waals surface area (Å²) in [6, 6.07) is 9.30. The fourth-order valence-corrected chi connectivity index (χ4v) is 3.68. The number of imidazole rings is 1. The molecule has 0 radical (unpaired) electrons. The molecule has 1 amide bonds. The number of hydrogen-bond acceptors (Lipinski definition) is 5. The van der Waals surface area contributed by atoms with Gasteiger partial charge in [0.05, 0.1) is 18.5 Å². The third kappa shape index (κ3) is 4.13. The Morgan fingerprint density at radius 3 is 2.66 bits per heavy atom. The summed E-state index contributed by atoms with van der Waals surface area (Å²) in [4.78, 5) is 19.1. The van der Waals surface area contributed by atoms with E-state index in [4.69, 9.17) is 20.2 Å². The van der Waals surface area contributed by atoms with Crippen LogP contribution >= 0.6 is 0 Å². The van der Waals surface area contributed by atoms with Crippen molar-refractivity contribution in [1.82, 2.24) is 14.3 Å². The molecule has 0 aliphatic carbocycles. The third-order valence-electron chi connectivity index (χ3n) is 5.28. The quantitative estimate of drug-likeness (QED) is 0.671.